The maximum atomic E-state index is 14.5. The second-order valence-corrected chi connectivity index (χ2v) is 10.6. The van der Waals surface area contributed by atoms with Gasteiger partial charge in [0.2, 0.25) is 5.91 Å². The van der Waals surface area contributed by atoms with Gasteiger partial charge in [-0.2, -0.15) is 10.4 Å². The van der Waals surface area contributed by atoms with E-state index in [1.54, 1.807) is 35.5 Å². The van der Waals surface area contributed by atoms with Gasteiger partial charge >= 0.3 is 0 Å². The van der Waals surface area contributed by atoms with Gasteiger partial charge in [0.05, 0.1) is 42.7 Å². The lowest BCUT2D eigenvalue weighted by atomic mass is 9.96. The molecular weight excluding hydrogens is 553 g/mol. The molecule has 6 rings (SSSR count). The fourth-order valence-corrected chi connectivity index (χ4v) is 6.13. The minimum Gasteiger partial charge on any atom is -0.490 e. The second-order valence-electron chi connectivity index (χ2n) is 9.73. The summed E-state index contributed by atoms with van der Waals surface area (Å²) in [5.74, 6) is -0.181. The highest BCUT2D eigenvalue weighted by atomic mass is 32.1. The Morgan fingerprint density at radius 3 is 2.86 bits per heavy atom. The molecule has 0 saturated heterocycles. The van der Waals surface area contributed by atoms with Crippen LogP contribution in [0.4, 0.5) is 4.39 Å². The van der Waals surface area contributed by atoms with E-state index >= 15 is 0 Å². The van der Waals surface area contributed by atoms with Crippen molar-refractivity contribution in [2.24, 2.45) is 0 Å². The average molecular weight is 580 g/mol. The molecule has 0 N–H and O–H groups in total. The number of thiophene rings is 1. The van der Waals surface area contributed by atoms with E-state index < -0.39 is 5.82 Å². The van der Waals surface area contributed by atoms with Gasteiger partial charge in [-0.1, -0.05) is 18.7 Å². The molecule has 0 bridgehead atoms. The van der Waals surface area contributed by atoms with Gasteiger partial charge < -0.3 is 14.4 Å². The molecule has 8 nitrogen and oxygen atoms in total. The fraction of sp³-hybridized carbons (Fsp3) is 0.188. The van der Waals surface area contributed by atoms with E-state index in [9.17, 15) is 14.4 Å². The molecule has 10 heteroatoms. The van der Waals surface area contributed by atoms with Crippen LogP contribution in [0.2, 0.25) is 0 Å². The lowest BCUT2D eigenvalue weighted by Crippen LogP contribution is -2.37. The molecule has 1 amide bonds. The minimum absolute atomic E-state index is 0.133. The Bertz CT molecular complexity index is 1870. The number of amides is 1. The van der Waals surface area contributed by atoms with Crippen LogP contribution in [-0.2, 0) is 22.6 Å². The molecule has 4 heterocycles. The number of fused-ring (bicyclic) bond motifs is 2. The number of hydrogen-bond acceptors (Lipinski definition) is 7. The number of carbonyl (C=O) groups excluding carboxylic acids is 1. The molecule has 5 aromatic rings. The van der Waals surface area contributed by atoms with Crippen molar-refractivity contribution in [2.45, 2.75) is 13.1 Å². The van der Waals surface area contributed by atoms with E-state index in [0.29, 0.717) is 60.2 Å². The van der Waals surface area contributed by atoms with Crippen LogP contribution in [0, 0.1) is 17.1 Å². The largest absolute Gasteiger partial charge is 0.490 e. The summed E-state index contributed by atoms with van der Waals surface area (Å²) in [5.41, 5.74) is 5.56. The normalized spacial score (nSPS) is 12.6. The third-order valence-electron chi connectivity index (χ3n) is 7.16. The molecule has 0 saturated carbocycles. The van der Waals surface area contributed by atoms with E-state index in [2.05, 4.69) is 12.6 Å². The van der Waals surface area contributed by atoms with E-state index in [4.69, 9.17) is 19.6 Å². The highest BCUT2D eigenvalue weighted by Gasteiger charge is 2.26. The molecule has 0 spiro atoms. The number of benzene rings is 2. The molecule has 1 aliphatic heterocycles. The molecule has 3 aromatic heterocycles. The summed E-state index contributed by atoms with van der Waals surface area (Å²) in [6.45, 7) is 5.65. The van der Waals surface area contributed by atoms with Crippen LogP contribution in [0.15, 0.2) is 72.6 Å². The zero-order valence-corrected chi connectivity index (χ0v) is 23.7. The van der Waals surface area contributed by atoms with Crippen molar-refractivity contribution in [3.63, 3.8) is 0 Å². The Balaban J connectivity index is 1.60. The fourth-order valence-electron chi connectivity index (χ4n) is 5.17. The Kier molecular flexibility index (Phi) is 7.52. The highest BCUT2D eigenvalue weighted by Crippen LogP contribution is 2.46. The highest BCUT2D eigenvalue weighted by molar-refractivity contribution is 7.18. The summed E-state index contributed by atoms with van der Waals surface area (Å²) in [5, 5.41) is 17.4. The summed E-state index contributed by atoms with van der Waals surface area (Å²) >= 11 is 1.54. The van der Waals surface area contributed by atoms with E-state index in [1.165, 1.54) is 18.2 Å². The summed E-state index contributed by atoms with van der Waals surface area (Å²) in [7, 11) is 1.58. The Morgan fingerprint density at radius 1 is 1.17 bits per heavy atom. The minimum atomic E-state index is -0.419. The van der Waals surface area contributed by atoms with Crippen LogP contribution in [0.1, 0.15) is 11.3 Å². The molecular formula is C32H26FN5O3S. The average Bonchev–Trinajstić information content (AvgIpc) is 3.68. The Labute approximate surface area is 245 Å². The topological polar surface area (TPSA) is 93.3 Å². The van der Waals surface area contributed by atoms with Crippen LogP contribution in [0.5, 0.6) is 5.75 Å². The van der Waals surface area contributed by atoms with Gasteiger partial charge in [0.15, 0.2) is 0 Å². The number of aromatic nitrogens is 3. The first kappa shape index (κ1) is 27.3. The molecule has 0 fully saturated rings. The van der Waals surface area contributed by atoms with Crippen molar-refractivity contribution in [3.8, 4) is 45.6 Å². The molecule has 0 unspecified atom stereocenters. The summed E-state index contributed by atoms with van der Waals surface area (Å²) < 4.78 is 28.5. The van der Waals surface area contributed by atoms with Gasteiger partial charge in [-0.05, 0) is 47.9 Å². The number of halogens is 1. The van der Waals surface area contributed by atoms with E-state index in [-0.39, 0.29) is 12.5 Å². The molecule has 0 atom stereocenters. The van der Waals surface area contributed by atoms with Crippen molar-refractivity contribution in [1.29, 1.82) is 5.26 Å². The van der Waals surface area contributed by atoms with Gasteiger partial charge in [0, 0.05) is 46.5 Å². The van der Waals surface area contributed by atoms with Crippen LogP contribution < -0.4 is 4.74 Å². The van der Waals surface area contributed by atoms with Crippen LogP contribution in [0.3, 0.4) is 0 Å². The van der Waals surface area contributed by atoms with Gasteiger partial charge in [0.25, 0.3) is 0 Å². The molecule has 0 radical (unpaired) electrons. The number of ether oxygens (including phenoxy) is 2. The third kappa shape index (κ3) is 5.04. The Hall–Kier alpha value is -4.85. The maximum Gasteiger partial charge on any atom is 0.246 e. The second kappa shape index (κ2) is 11.6. The Morgan fingerprint density at radius 2 is 2.05 bits per heavy atom. The number of methoxy groups -OCH3 is 1. The van der Waals surface area contributed by atoms with Crippen molar-refractivity contribution < 1.29 is 18.7 Å². The van der Waals surface area contributed by atoms with Crippen LogP contribution >= 0.6 is 11.3 Å². The monoisotopic (exact) mass is 579 g/mol. The van der Waals surface area contributed by atoms with Crippen LogP contribution in [-0.4, -0.2) is 52.4 Å². The van der Waals surface area contributed by atoms with E-state index in [0.717, 1.165) is 26.9 Å². The van der Waals surface area contributed by atoms with Crippen molar-refractivity contribution >= 4 is 27.3 Å². The number of hydrogen-bond donors (Lipinski definition) is 0. The number of carbonyl (C=O) groups is 1. The summed E-state index contributed by atoms with van der Waals surface area (Å²) in [6.07, 6.45) is 1.32. The zero-order chi connectivity index (χ0) is 29.2. The zero-order valence-electron chi connectivity index (χ0n) is 22.8. The van der Waals surface area contributed by atoms with Gasteiger partial charge in [-0.3, -0.25) is 9.48 Å². The standard InChI is InChI=1S/C32H26FN5O3S/c1-3-28(39)37-10-11-38-23(19-37)17-26(36-38)31-29(24-8-7-22(33)16-27(24)41-13-12-40-2)32-25(9-14-42-32)30(35-31)21-6-4-5-20(15-21)18-34/h3-9,14-17H,1,10-13,19H2,2H3. The molecule has 210 valence electrons. The quantitative estimate of drug-likeness (QED) is 0.164. The SMILES string of the molecule is C=CC(=O)N1CCn2nc(-c3nc(-c4cccc(C#N)c4)c4ccsc4c3-c3ccc(F)cc3OCCOC)cc2C1. The lowest BCUT2D eigenvalue weighted by Gasteiger charge is -2.26. The van der Waals surface area contributed by atoms with E-state index in [1.807, 2.05) is 40.4 Å². The number of nitrogens with zero attached hydrogens (tertiary/aromatic N) is 5. The summed E-state index contributed by atoms with van der Waals surface area (Å²) in [4.78, 5) is 19.2. The first-order chi connectivity index (χ1) is 20.5. The predicted molar refractivity (Wildman–Crippen MR) is 159 cm³/mol. The van der Waals surface area contributed by atoms with Crippen molar-refractivity contribution in [1.82, 2.24) is 19.7 Å². The maximum absolute atomic E-state index is 14.5. The third-order valence-corrected chi connectivity index (χ3v) is 8.09. The summed E-state index contributed by atoms with van der Waals surface area (Å²) in [6, 6.07) is 18.0. The van der Waals surface area contributed by atoms with Crippen LogP contribution in [0.25, 0.3) is 43.9 Å². The van der Waals surface area contributed by atoms with Gasteiger partial charge in [-0.25, -0.2) is 9.37 Å². The molecule has 0 aliphatic carbocycles. The predicted octanol–water partition coefficient (Wildman–Crippen LogP) is 6.06. The molecule has 2 aromatic carbocycles. The van der Waals surface area contributed by atoms with Gasteiger partial charge in [-0.15, -0.1) is 11.3 Å². The molecule has 1 aliphatic rings. The number of rotatable bonds is 8. The smallest absolute Gasteiger partial charge is 0.246 e. The molecule has 42 heavy (non-hydrogen) atoms. The van der Waals surface area contributed by atoms with Crippen molar-refractivity contribution in [2.75, 3.05) is 26.9 Å². The van der Waals surface area contributed by atoms with Crippen molar-refractivity contribution in [3.05, 3.63) is 89.7 Å². The van der Waals surface area contributed by atoms with Gasteiger partial charge in [0.1, 0.15) is 29.6 Å². The number of pyridine rings is 1. The first-order valence-electron chi connectivity index (χ1n) is 13.3. The first-order valence-corrected chi connectivity index (χ1v) is 14.2. The lowest BCUT2D eigenvalue weighted by molar-refractivity contribution is -0.127. The number of nitriles is 1.